The fourth-order valence-corrected chi connectivity index (χ4v) is 1.38. The van der Waals surface area contributed by atoms with Crippen LogP contribution in [0.5, 0.6) is 0 Å². The van der Waals surface area contributed by atoms with Crippen molar-refractivity contribution in [1.29, 1.82) is 0 Å². The van der Waals surface area contributed by atoms with Gasteiger partial charge in [-0.25, -0.2) is 10.8 Å². The molecule has 90 valence electrons. The van der Waals surface area contributed by atoms with Gasteiger partial charge < -0.3 is 15.2 Å². The molecule has 1 rings (SSSR count). The van der Waals surface area contributed by atoms with Crippen molar-refractivity contribution in [2.45, 2.75) is 6.04 Å². The maximum Gasteiger partial charge on any atom is 0.239 e. The van der Waals surface area contributed by atoms with Crippen LogP contribution >= 0.6 is 15.9 Å². The molecule has 8 heteroatoms. The normalized spacial score (nSPS) is 12.2. The second-order valence-corrected chi connectivity index (χ2v) is 3.87. The number of anilines is 2. The standard InChI is InChI=1S/C8H14BrN5O2/c1-16-4-5(3-15)12-7-6(9)2-11-8(13-7)14-10/h2,5,15H,3-4,10H2,1H3,(H2,11,12,13,14). The molecule has 1 unspecified atom stereocenters. The molecule has 0 radical (unpaired) electrons. The number of nitrogens with one attached hydrogen (secondary N) is 2. The number of methoxy groups -OCH3 is 1. The molecule has 0 aliphatic heterocycles. The van der Waals surface area contributed by atoms with Crippen molar-refractivity contribution >= 4 is 27.7 Å². The van der Waals surface area contributed by atoms with E-state index in [-0.39, 0.29) is 12.6 Å². The minimum atomic E-state index is -0.234. The highest BCUT2D eigenvalue weighted by atomic mass is 79.9. The van der Waals surface area contributed by atoms with Gasteiger partial charge in [-0.15, -0.1) is 0 Å². The van der Waals surface area contributed by atoms with Crippen molar-refractivity contribution in [2.24, 2.45) is 5.84 Å². The quantitative estimate of drug-likeness (QED) is 0.430. The van der Waals surface area contributed by atoms with Gasteiger partial charge in [0.15, 0.2) is 0 Å². The number of nitrogens with two attached hydrogens (primary N) is 1. The Bertz CT molecular complexity index is 338. The summed E-state index contributed by atoms with van der Waals surface area (Å²) in [5.74, 6) is 6.03. The third-order valence-electron chi connectivity index (χ3n) is 1.80. The van der Waals surface area contributed by atoms with Crippen molar-refractivity contribution in [3.05, 3.63) is 10.7 Å². The zero-order valence-corrected chi connectivity index (χ0v) is 10.4. The molecule has 0 amide bonds. The highest BCUT2D eigenvalue weighted by molar-refractivity contribution is 9.10. The Hall–Kier alpha value is -0.960. The van der Waals surface area contributed by atoms with Gasteiger partial charge in [0.2, 0.25) is 5.95 Å². The van der Waals surface area contributed by atoms with Crippen molar-refractivity contribution in [1.82, 2.24) is 9.97 Å². The molecular formula is C8H14BrN5O2. The number of hydrazine groups is 1. The summed E-state index contributed by atoms with van der Waals surface area (Å²) in [6.45, 7) is 0.313. The third kappa shape index (κ3) is 3.56. The third-order valence-corrected chi connectivity index (χ3v) is 2.38. The van der Waals surface area contributed by atoms with Gasteiger partial charge in [0.1, 0.15) is 5.82 Å². The van der Waals surface area contributed by atoms with Crippen LogP contribution in [-0.4, -0.2) is 41.4 Å². The number of aliphatic hydroxyl groups is 1. The van der Waals surface area contributed by atoms with E-state index in [1.807, 2.05) is 0 Å². The number of nitrogen functional groups attached to an aromatic ring is 1. The van der Waals surface area contributed by atoms with Crippen LogP contribution in [0.4, 0.5) is 11.8 Å². The molecule has 16 heavy (non-hydrogen) atoms. The van der Waals surface area contributed by atoms with E-state index in [1.165, 1.54) is 0 Å². The van der Waals surface area contributed by atoms with Crippen LogP contribution in [-0.2, 0) is 4.74 Å². The Morgan fingerprint density at radius 2 is 2.44 bits per heavy atom. The number of halogens is 1. The van der Waals surface area contributed by atoms with E-state index in [9.17, 15) is 0 Å². The second kappa shape index (κ2) is 6.59. The lowest BCUT2D eigenvalue weighted by atomic mass is 10.3. The van der Waals surface area contributed by atoms with Crippen LogP contribution in [0, 0.1) is 0 Å². The first-order valence-electron chi connectivity index (χ1n) is 4.56. The minimum absolute atomic E-state index is 0.0599. The van der Waals surface area contributed by atoms with Crippen LogP contribution < -0.4 is 16.6 Å². The van der Waals surface area contributed by atoms with E-state index in [0.29, 0.717) is 22.8 Å². The molecule has 0 spiro atoms. The van der Waals surface area contributed by atoms with Gasteiger partial charge in [-0.05, 0) is 15.9 Å². The summed E-state index contributed by atoms with van der Waals surface area (Å²) in [7, 11) is 1.56. The average Bonchev–Trinajstić information content (AvgIpc) is 2.31. The second-order valence-electron chi connectivity index (χ2n) is 3.01. The van der Waals surface area contributed by atoms with Crippen LogP contribution in [0.1, 0.15) is 0 Å². The first-order valence-corrected chi connectivity index (χ1v) is 5.36. The maximum absolute atomic E-state index is 9.09. The van der Waals surface area contributed by atoms with Gasteiger partial charge in [-0.2, -0.15) is 4.98 Å². The molecular weight excluding hydrogens is 278 g/mol. The summed E-state index contributed by atoms with van der Waals surface area (Å²) >= 11 is 3.29. The minimum Gasteiger partial charge on any atom is -0.394 e. The lowest BCUT2D eigenvalue weighted by molar-refractivity contribution is 0.153. The largest absolute Gasteiger partial charge is 0.394 e. The number of hydrogen-bond donors (Lipinski definition) is 4. The Morgan fingerprint density at radius 1 is 1.69 bits per heavy atom. The van der Waals surface area contributed by atoms with Crippen LogP contribution in [0.3, 0.4) is 0 Å². The molecule has 0 aromatic carbocycles. The van der Waals surface area contributed by atoms with E-state index >= 15 is 0 Å². The number of aliphatic hydroxyl groups excluding tert-OH is 1. The van der Waals surface area contributed by atoms with Gasteiger partial charge in [0.25, 0.3) is 0 Å². The van der Waals surface area contributed by atoms with E-state index in [4.69, 9.17) is 15.7 Å². The Balaban J connectivity index is 2.77. The predicted octanol–water partition coefficient (Wildman–Crippen LogP) is -0.0561. The summed E-state index contributed by atoms with van der Waals surface area (Å²) in [6, 6.07) is -0.234. The zero-order valence-electron chi connectivity index (χ0n) is 8.77. The fourth-order valence-electron chi connectivity index (χ4n) is 1.07. The Labute approximate surface area is 102 Å². The Kier molecular flexibility index (Phi) is 5.39. The monoisotopic (exact) mass is 291 g/mol. The number of ether oxygens (including phenoxy) is 1. The molecule has 0 fully saturated rings. The predicted molar refractivity (Wildman–Crippen MR) is 63.9 cm³/mol. The maximum atomic E-state index is 9.09. The lowest BCUT2D eigenvalue weighted by Crippen LogP contribution is -2.29. The molecule has 0 bridgehead atoms. The Morgan fingerprint density at radius 3 is 3.00 bits per heavy atom. The average molecular weight is 292 g/mol. The molecule has 1 heterocycles. The molecule has 0 saturated carbocycles. The van der Waals surface area contributed by atoms with Gasteiger partial charge in [0.05, 0.1) is 23.7 Å². The summed E-state index contributed by atoms with van der Waals surface area (Å²) in [4.78, 5) is 8.00. The summed E-state index contributed by atoms with van der Waals surface area (Å²) < 4.78 is 5.62. The van der Waals surface area contributed by atoms with Gasteiger partial charge in [0, 0.05) is 13.3 Å². The SMILES string of the molecule is COCC(CO)Nc1nc(NN)ncc1Br. The highest BCUT2D eigenvalue weighted by Crippen LogP contribution is 2.20. The smallest absolute Gasteiger partial charge is 0.239 e. The molecule has 0 saturated heterocycles. The van der Waals surface area contributed by atoms with Crippen molar-refractivity contribution in [3.8, 4) is 0 Å². The van der Waals surface area contributed by atoms with E-state index in [1.54, 1.807) is 13.3 Å². The molecule has 1 aromatic rings. The number of hydrogen-bond acceptors (Lipinski definition) is 7. The summed E-state index contributed by atoms with van der Waals surface area (Å²) in [6.07, 6.45) is 1.56. The van der Waals surface area contributed by atoms with Crippen molar-refractivity contribution < 1.29 is 9.84 Å². The van der Waals surface area contributed by atoms with Gasteiger partial charge in [-0.1, -0.05) is 0 Å². The molecule has 1 atom stereocenters. The fraction of sp³-hybridized carbons (Fsp3) is 0.500. The molecule has 1 aromatic heterocycles. The number of aromatic nitrogens is 2. The summed E-state index contributed by atoms with van der Waals surface area (Å²) in [5.41, 5.74) is 2.34. The van der Waals surface area contributed by atoms with Crippen LogP contribution in [0.2, 0.25) is 0 Å². The topological polar surface area (TPSA) is 105 Å². The molecule has 0 aliphatic rings. The number of nitrogens with zero attached hydrogens (tertiary/aromatic N) is 2. The van der Waals surface area contributed by atoms with Crippen LogP contribution in [0.25, 0.3) is 0 Å². The van der Waals surface area contributed by atoms with Gasteiger partial charge >= 0.3 is 0 Å². The van der Waals surface area contributed by atoms with E-state index < -0.39 is 0 Å². The van der Waals surface area contributed by atoms with E-state index in [0.717, 1.165) is 0 Å². The van der Waals surface area contributed by atoms with Crippen molar-refractivity contribution in [2.75, 3.05) is 31.1 Å². The zero-order chi connectivity index (χ0) is 12.0. The summed E-state index contributed by atoms with van der Waals surface area (Å²) in [5, 5.41) is 12.1. The number of rotatable bonds is 6. The first kappa shape index (κ1) is 13.1. The lowest BCUT2D eigenvalue weighted by Gasteiger charge is -2.16. The van der Waals surface area contributed by atoms with E-state index in [2.05, 4.69) is 36.6 Å². The molecule has 0 aliphatic carbocycles. The highest BCUT2D eigenvalue weighted by Gasteiger charge is 2.11. The van der Waals surface area contributed by atoms with Crippen molar-refractivity contribution in [3.63, 3.8) is 0 Å². The van der Waals surface area contributed by atoms with Gasteiger partial charge in [-0.3, -0.25) is 5.43 Å². The molecule has 5 N–H and O–H groups in total. The van der Waals surface area contributed by atoms with Crippen LogP contribution in [0.15, 0.2) is 10.7 Å². The first-order chi connectivity index (χ1) is 7.71. The molecule has 7 nitrogen and oxygen atoms in total.